The summed E-state index contributed by atoms with van der Waals surface area (Å²) in [5.74, 6) is 0.959. The second kappa shape index (κ2) is 4.90. The fraction of sp³-hybridized carbons (Fsp3) is 0.200. The Morgan fingerprint density at radius 3 is 2.90 bits per heavy atom. The number of carbonyl (C=O) groups excluding carboxylic acids is 1. The van der Waals surface area contributed by atoms with E-state index in [1.54, 1.807) is 11.1 Å². The lowest BCUT2D eigenvalue weighted by molar-refractivity contribution is -0.117. The first-order valence-electron chi connectivity index (χ1n) is 6.33. The van der Waals surface area contributed by atoms with Crippen molar-refractivity contribution in [2.45, 2.75) is 13.3 Å². The molecule has 1 aliphatic rings. The first-order valence-corrected chi connectivity index (χ1v) is 7.12. The fourth-order valence-electron chi connectivity index (χ4n) is 2.36. The molecule has 102 valence electrons. The highest BCUT2D eigenvalue weighted by Crippen LogP contribution is 2.31. The highest BCUT2D eigenvalue weighted by atomic mass is 79.9. The van der Waals surface area contributed by atoms with E-state index in [-0.39, 0.29) is 5.91 Å². The SMILES string of the molecule is Cc1cc(Br)cnc1Nc1ccc2c(c1)CC(=O)N2C. The third-order valence-electron chi connectivity index (χ3n) is 3.46. The van der Waals surface area contributed by atoms with Gasteiger partial charge in [0, 0.05) is 29.1 Å². The second-order valence-corrected chi connectivity index (χ2v) is 5.83. The van der Waals surface area contributed by atoms with Gasteiger partial charge in [-0.25, -0.2) is 4.98 Å². The van der Waals surface area contributed by atoms with E-state index in [4.69, 9.17) is 0 Å². The zero-order chi connectivity index (χ0) is 14.3. The van der Waals surface area contributed by atoms with Crippen LogP contribution in [0.4, 0.5) is 17.2 Å². The Labute approximate surface area is 126 Å². The molecule has 1 amide bonds. The fourth-order valence-corrected chi connectivity index (χ4v) is 2.80. The maximum atomic E-state index is 11.7. The Balaban J connectivity index is 1.90. The van der Waals surface area contributed by atoms with Crippen LogP contribution in [0.5, 0.6) is 0 Å². The van der Waals surface area contributed by atoms with Crippen molar-refractivity contribution >= 4 is 39.0 Å². The summed E-state index contributed by atoms with van der Waals surface area (Å²) in [6, 6.07) is 7.97. The van der Waals surface area contributed by atoms with Crippen LogP contribution in [0.1, 0.15) is 11.1 Å². The van der Waals surface area contributed by atoms with Crippen LogP contribution in [0.25, 0.3) is 0 Å². The summed E-state index contributed by atoms with van der Waals surface area (Å²) >= 11 is 3.40. The van der Waals surface area contributed by atoms with E-state index in [9.17, 15) is 4.79 Å². The van der Waals surface area contributed by atoms with Crippen molar-refractivity contribution in [3.63, 3.8) is 0 Å². The number of amides is 1. The second-order valence-electron chi connectivity index (χ2n) is 4.92. The van der Waals surface area contributed by atoms with Crippen molar-refractivity contribution in [3.05, 3.63) is 46.1 Å². The molecular weight excluding hydrogens is 318 g/mol. The third kappa shape index (κ3) is 2.29. The number of rotatable bonds is 2. The molecule has 20 heavy (non-hydrogen) atoms. The molecule has 0 saturated heterocycles. The number of carbonyl (C=O) groups is 1. The van der Waals surface area contributed by atoms with Crippen molar-refractivity contribution in [2.75, 3.05) is 17.3 Å². The number of likely N-dealkylation sites (N-methyl/N-ethyl adjacent to an activating group) is 1. The summed E-state index contributed by atoms with van der Waals surface area (Å²) in [5, 5.41) is 3.30. The molecule has 0 unspecified atom stereocenters. The lowest BCUT2D eigenvalue weighted by atomic mass is 10.1. The van der Waals surface area contributed by atoms with E-state index >= 15 is 0 Å². The summed E-state index contributed by atoms with van der Waals surface area (Å²) in [4.78, 5) is 17.7. The standard InChI is InChI=1S/C15H14BrN3O/c1-9-5-11(16)8-17-15(9)18-12-3-4-13-10(6-12)7-14(20)19(13)2/h3-6,8H,7H2,1-2H3,(H,17,18). The lowest BCUT2D eigenvalue weighted by Crippen LogP contribution is -2.20. The molecule has 0 bridgehead atoms. The van der Waals surface area contributed by atoms with E-state index < -0.39 is 0 Å². The van der Waals surface area contributed by atoms with Crippen LogP contribution in [0, 0.1) is 6.92 Å². The number of pyridine rings is 1. The lowest BCUT2D eigenvalue weighted by Gasteiger charge is -2.12. The summed E-state index contributed by atoms with van der Waals surface area (Å²) in [6.07, 6.45) is 2.23. The Morgan fingerprint density at radius 2 is 2.15 bits per heavy atom. The molecular formula is C15H14BrN3O. The minimum atomic E-state index is 0.134. The average molecular weight is 332 g/mol. The van der Waals surface area contributed by atoms with Crippen molar-refractivity contribution in [3.8, 4) is 0 Å². The van der Waals surface area contributed by atoms with Gasteiger partial charge in [-0.3, -0.25) is 4.79 Å². The number of hydrogen-bond donors (Lipinski definition) is 1. The minimum Gasteiger partial charge on any atom is -0.340 e. The average Bonchev–Trinajstić information content (AvgIpc) is 2.68. The third-order valence-corrected chi connectivity index (χ3v) is 3.90. The van der Waals surface area contributed by atoms with E-state index in [2.05, 4.69) is 26.2 Å². The van der Waals surface area contributed by atoms with E-state index in [0.717, 1.165) is 32.8 Å². The highest BCUT2D eigenvalue weighted by Gasteiger charge is 2.23. The van der Waals surface area contributed by atoms with Crippen LogP contribution >= 0.6 is 15.9 Å². The zero-order valence-corrected chi connectivity index (χ0v) is 12.9. The Morgan fingerprint density at radius 1 is 1.35 bits per heavy atom. The predicted octanol–water partition coefficient (Wildman–Crippen LogP) is 3.42. The van der Waals surface area contributed by atoms with Crippen molar-refractivity contribution in [1.29, 1.82) is 0 Å². The molecule has 1 aromatic carbocycles. The first kappa shape index (κ1) is 13.1. The molecule has 0 fully saturated rings. The smallest absolute Gasteiger partial charge is 0.231 e. The van der Waals surface area contributed by atoms with Crippen LogP contribution in [0.15, 0.2) is 34.9 Å². The number of hydrogen-bond acceptors (Lipinski definition) is 3. The monoisotopic (exact) mass is 331 g/mol. The van der Waals surface area contributed by atoms with Gasteiger partial charge in [-0.05, 0) is 58.2 Å². The van der Waals surface area contributed by atoms with Gasteiger partial charge in [0.25, 0.3) is 0 Å². The van der Waals surface area contributed by atoms with Gasteiger partial charge in [0.2, 0.25) is 5.91 Å². The van der Waals surface area contributed by atoms with E-state index in [1.165, 1.54) is 0 Å². The molecule has 0 atom stereocenters. The zero-order valence-electron chi connectivity index (χ0n) is 11.3. The van der Waals surface area contributed by atoms with Crippen LogP contribution < -0.4 is 10.2 Å². The predicted molar refractivity (Wildman–Crippen MR) is 83.5 cm³/mol. The normalized spacial score (nSPS) is 13.6. The number of halogens is 1. The summed E-state index contributed by atoms with van der Waals surface area (Å²) in [6.45, 7) is 2.00. The quantitative estimate of drug-likeness (QED) is 0.917. The first-order chi connectivity index (χ1) is 9.54. The maximum absolute atomic E-state index is 11.7. The molecule has 2 heterocycles. The molecule has 0 aliphatic carbocycles. The highest BCUT2D eigenvalue weighted by molar-refractivity contribution is 9.10. The molecule has 4 nitrogen and oxygen atoms in total. The van der Waals surface area contributed by atoms with Crippen LogP contribution in [-0.2, 0) is 11.2 Å². The minimum absolute atomic E-state index is 0.134. The van der Waals surface area contributed by atoms with Gasteiger partial charge in [-0.2, -0.15) is 0 Å². The van der Waals surface area contributed by atoms with Gasteiger partial charge in [0.05, 0.1) is 6.42 Å². The van der Waals surface area contributed by atoms with Gasteiger partial charge < -0.3 is 10.2 Å². The van der Waals surface area contributed by atoms with Crippen molar-refractivity contribution in [2.24, 2.45) is 0 Å². The van der Waals surface area contributed by atoms with Crippen LogP contribution in [-0.4, -0.2) is 17.9 Å². The molecule has 1 N–H and O–H groups in total. The number of aryl methyl sites for hydroxylation is 1. The largest absolute Gasteiger partial charge is 0.340 e. The Hall–Kier alpha value is -1.88. The molecule has 1 aliphatic heterocycles. The van der Waals surface area contributed by atoms with Gasteiger partial charge in [0.15, 0.2) is 0 Å². The van der Waals surface area contributed by atoms with Gasteiger partial charge in [0.1, 0.15) is 5.82 Å². The molecule has 1 aromatic heterocycles. The summed E-state index contributed by atoms with van der Waals surface area (Å²) in [7, 11) is 1.81. The molecule has 5 heteroatoms. The number of anilines is 3. The van der Waals surface area contributed by atoms with Gasteiger partial charge >= 0.3 is 0 Å². The topological polar surface area (TPSA) is 45.2 Å². The Kier molecular flexibility index (Phi) is 3.22. The number of nitrogens with zero attached hydrogens (tertiary/aromatic N) is 2. The summed E-state index contributed by atoms with van der Waals surface area (Å²) in [5.41, 5.74) is 4.05. The van der Waals surface area contributed by atoms with E-state index in [1.807, 2.05) is 38.2 Å². The van der Waals surface area contributed by atoms with Crippen LogP contribution in [0.3, 0.4) is 0 Å². The van der Waals surface area contributed by atoms with Gasteiger partial charge in [-0.1, -0.05) is 0 Å². The van der Waals surface area contributed by atoms with Crippen molar-refractivity contribution < 1.29 is 4.79 Å². The molecule has 0 saturated carbocycles. The molecule has 2 aromatic rings. The van der Waals surface area contributed by atoms with Crippen LogP contribution in [0.2, 0.25) is 0 Å². The van der Waals surface area contributed by atoms with E-state index in [0.29, 0.717) is 6.42 Å². The molecule has 0 spiro atoms. The maximum Gasteiger partial charge on any atom is 0.231 e. The van der Waals surface area contributed by atoms with Crippen molar-refractivity contribution in [1.82, 2.24) is 4.98 Å². The number of benzene rings is 1. The number of aromatic nitrogens is 1. The number of nitrogens with one attached hydrogen (secondary N) is 1. The molecule has 3 rings (SSSR count). The van der Waals surface area contributed by atoms with Gasteiger partial charge in [-0.15, -0.1) is 0 Å². The number of fused-ring (bicyclic) bond motifs is 1. The molecule has 0 radical (unpaired) electrons. The summed E-state index contributed by atoms with van der Waals surface area (Å²) < 4.78 is 0.960. The Bertz CT molecular complexity index is 700.